The van der Waals surface area contributed by atoms with Gasteiger partial charge in [0, 0.05) is 12.1 Å². The number of rotatable bonds is 0. The zero-order valence-corrected chi connectivity index (χ0v) is 20.6. The Labute approximate surface area is 205 Å². The first-order valence-electron chi connectivity index (χ1n) is 11.8. The third kappa shape index (κ3) is 2.41. The fourth-order valence-corrected chi connectivity index (χ4v) is 10.6. The molecule has 0 fully saturated rings. The first kappa shape index (κ1) is 19.1. The smallest absolute Gasteiger partial charge is 0.239 e. The number of benzene rings is 5. The molecule has 2 atom stereocenters. The van der Waals surface area contributed by atoms with Gasteiger partial charge in [-0.05, 0) is 48.5 Å². The van der Waals surface area contributed by atoms with Gasteiger partial charge in [-0.1, -0.05) is 36.4 Å². The number of para-hydroxylation sites is 2. The highest BCUT2D eigenvalue weighted by Crippen LogP contribution is 2.61. The summed E-state index contributed by atoms with van der Waals surface area (Å²) in [6.45, 7) is 0. The van der Waals surface area contributed by atoms with E-state index < -0.39 is 15.1 Å². The van der Waals surface area contributed by atoms with Crippen LogP contribution in [0.2, 0.25) is 0 Å². The second-order valence-electron chi connectivity index (χ2n) is 9.01. The Morgan fingerprint density at radius 3 is 1.14 bits per heavy atom. The Morgan fingerprint density at radius 2 is 0.694 bits per heavy atom. The van der Waals surface area contributed by atoms with Crippen molar-refractivity contribution >= 4 is 80.2 Å². The van der Waals surface area contributed by atoms with Crippen molar-refractivity contribution in [3.05, 3.63) is 97.1 Å². The lowest BCUT2D eigenvalue weighted by molar-refractivity contribution is 0.642. The predicted octanol–water partition coefficient (Wildman–Crippen LogP) is 10.9. The minimum absolute atomic E-state index is 0.844. The fourth-order valence-electron chi connectivity index (χ4n) is 5.50. The minimum Gasteiger partial charge on any atom is -0.448 e. The summed E-state index contributed by atoms with van der Waals surface area (Å²) >= 11 is 0. The zero-order chi connectivity index (χ0) is 23.4. The normalized spacial score (nSPS) is 13.4. The monoisotopic (exact) mass is 502 g/mol. The molecule has 4 aliphatic heterocycles. The summed E-state index contributed by atoms with van der Waals surface area (Å²) in [7, 11) is -1.69. The molecule has 0 saturated carbocycles. The predicted molar refractivity (Wildman–Crippen MR) is 149 cm³/mol. The number of hydrogen-bond donors (Lipinski definition) is 0. The SMILES string of the molecule is c1cc2oc3ccccc3[p+]3c4cc5oc6cccc7oc8ccccc8[p+](c5cc4oc(c1)c2-3)-c76. The molecular weight excluding hydrogens is 486 g/mol. The van der Waals surface area contributed by atoms with Gasteiger partial charge in [0.1, 0.15) is 0 Å². The Hall–Kier alpha value is -4.10. The second kappa shape index (κ2) is 6.77. The Bertz CT molecular complexity index is 2110. The quantitative estimate of drug-likeness (QED) is 0.153. The molecule has 0 aromatic heterocycles. The van der Waals surface area contributed by atoms with Gasteiger partial charge in [-0.2, -0.15) is 0 Å². The van der Waals surface area contributed by atoms with E-state index in [1.54, 1.807) is 0 Å². The molecule has 0 aliphatic carbocycles. The van der Waals surface area contributed by atoms with Crippen LogP contribution < -0.4 is 0 Å². The molecule has 0 saturated heterocycles. The van der Waals surface area contributed by atoms with Gasteiger partial charge in [-0.15, -0.1) is 0 Å². The largest absolute Gasteiger partial charge is 0.448 e. The van der Waals surface area contributed by atoms with Gasteiger partial charge < -0.3 is 17.7 Å². The molecule has 168 valence electrons. The van der Waals surface area contributed by atoms with Gasteiger partial charge in [-0.25, -0.2) is 0 Å². The summed E-state index contributed by atoms with van der Waals surface area (Å²) in [4.78, 5) is 0. The van der Waals surface area contributed by atoms with Gasteiger partial charge in [0.25, 0.3) is 0 Å². The number of fused-ring (bicyclic) bond motifs is 8. The van der Waals surface area contributed by atoms with Crippen molar-refractivity contribution in [1.29, 1.82) is 0 Å². The van der Waals surface area contributed by atoms with Crippen LogP contribution >= 0.6 is 15.1 Å². The molecule has 0 N–H and O–H groups in total. The third-order valence-electron chi connectivity index (χ3n) is 6.99. The van der Waals surface area contributed by atoms with E-state index in [1.807, 2.05) is 48.5 Å². The lowest BCUT2D eigenvalue weighted by Crippen LogP contribution is -1.87. The molecule has 4 heterocycles. The molecular formula is C30H16O4P2+2. The van der Waals surface area contributed by atoms with Crippen molar-refractivity contribution in [2.45, 2.75) is 0 Å². The molecule has 0 spiro atoms. The third-order valence-corrected chi connectivity index (χ3v) is 12.1. The van der Waals surface area contributed by atoms with Gasteiger partial charge >= 0.3 is 0 Å². The number of hydrogen-bond acceptors (Lipinski definition) is 4. The van der Waals surface area contributed by atoms with Crippen molar-refractivity contribution in [3.8, 4) is 10.6 Å². The van der Waals surface area contributed by atoms with E-state index in [9.17, 15) is 0 Å². The van der Waals surface area contributed by atoms with Crippen molar-refractivity contribution in [3.63, 3.8) is 0 Å². The highest BCUT2D eigenvalue weighted by Gasteiger charge is 2.36. The van der Waals surface area contributed by atoms with Crippen LogP contribution in [0.1, 0.15) is 0 Å². The van der Waals surface area contributed by atoms with Crippen LogP contribution in [-0.4, -0.2) is 0 Å². The van der Waals surface area contributed by atoms with Crippen LogP contribution in [0, 0.1) is 0 Å². The first-order chi connectivity index (χ1) is 17.8. The van der Waals surface area contributed by atoms with E-state index in [0.717, 1.165) is 65.5 Å². The van der Waals surface area contributed by atoms with Crippen molar-refractivity contribution < 1.29 is 17.7 Å². The van der Waals surface area contributed by atoms with Crippen molar-refractivity contribution in [2.75, 3.05) is 0 Å². The van der Waals surface area contributed by atoms with Gasteiger partial charge in [0.2, 0.25) is 20.8 Å². The average molecular weight is 502 g/mol. The molecule has 5 aromatic rings. The molecule has 6 heteroatoms. The van der Waals surface area contributed by atoms with Crippen LogP contribution in [0.15, 0.2) is 115 Å². The first-order valence-corrected chi connectivity index (χ1v) is 14.5. The van der Waals surface area contributed by atoms with Gasteiger partial charge in [0.15, 0.2) is 70.0 Å². The topological polar surface area (TPSA) is 52.6 Å². The van der Waals surface area contributed by atoms with Crippen molar-refractivity contribution in [2.24, 2.45) is 0 Å². The maximum atomic E-state index is 6.58. The van der Waals surface area contributed by atoms with E-state index >= 15 is 0 Å². The molecule has 4 aliphatic rings. The summed E-state index contributed by atoms with van der Waals surface area (Å²) in [5, 5.41) is 7.01. The summed E-state index contributed by atoms with van der Waals surface area (Å²) in [6, 6.07) is 33.3. The van der Waals surface area contributed by atoms with Crippen LogP contribution in [0.4, 0.5) is 0 Å². The zero-order valence-electron chi connectivity index (χ0n) is 18.8. The summed E-state index contributed by atoms with van der Waals surface area (Å²) < 4.78 is 25.7. The summed E-state index contributed by atoms with van der Waals surface area (Å²) in [5.74, 6) is 0. The second-order valence-corrected chi connectivity index (χ2v) is 13.2. The van der Waals surface area contributed by atoms with Crippen molar-refractivity contribution in [1.82, 2.24) is 0 Å². The lowest BCUT2D eigenvalue weighted by Gasteiger charge is -2.09. The molecule has 4 nitrogen and oxygen atoms in total. The molecule has 2 unspecified atom stereocenters. The maximum absolute atomic E-state index is 6.58. The average Bonchev–Trinajstić information content (AvgIpc) is 2.92. The summed E-state index contributed by atoms with van der Waals surface area (Å²) in [5.41, 5.74) is 7.13. The fraction of sp³-hybridized carbons (Fsp3) is 0. The highest BCUT2D eigenvalue weighted by atomic mass is 31.1. The van der Waals surface area contributed by atoms with E-state index in [-0.39, 0.29) is 0 Å². The Kier molecular flexibility index (Phi) is 3.60. The maximum Gasteiger partial charge on any atom is 0.239 e. The summed E-state index contributed by atoms with van der Waals surface area (Å²) in [6.07, 6.45) is 0. The highest BCUT2D eigenvalue weighted by molar-refractivity contribution is 7.69. The van der Waals surface area contributed by atoms with Crippen LogP contribution in [0.3, 0.4) is 0 Å². The van der Waals surface area contributed by atoms with E-state index in [2.05, 4.69) is 48.5 Å². The molecule has 0 radical (unpaired) electrons. The Morgan fingerprint density at radius 1 is 0.333 bits per heavy atom. The lowest BCUT2D eigenvalue weighted by atomic mass is 10.3. The molecule has 36 heavy (non-hydrogen) atoms. The van der Waals surface area contributed by atoms with E-state index in [0.29, 0.717) is 0 Å². The molecule has 9 rings (SSSR count). The molecule has 0 bridgehead atoms. The molecule has 0 amide bonds. The minimum atomic E-state index is -0.844. The van der Waals surface area contributed by atoms with Gasteiger partial charge in [0.05, 0.1) is 0 Å². The van der Waals surface area contributed by atoms with E-state index in [1.165, 1.54) is 10.2 Å². The van der Waals surface area contributed by atoms with Gasteiger partial charge in [-0.3, -0.25) is 0 Å². The van der Waals surface area contributed by atoms with Crippen LogP contribution in [0.25, 0.3) is 75.7 Å². The van der Waals surface area contributed by atoms with E-state index in [4.69, 9.17) is 17.7 Å². The van der Waals surface area contributed by atoms with Crippen LogP contribution in [0.5, 0.6) is 0 Å². The standard InChI is InChI=1S/C30H16O4P2/c1-3-13-25-17(7-1)31-19-9-5-11-21-29(19)35(25)27-15-24-28(16-23(27)33-21)36-26-14-4-2-8-18(26)32-20-10-6-12-22(34-24)30(20)36/h1-16H/q+2. The van der Waals surface area contributed by atoms with Crippen LogP contribution in [-0.2, 0) is 0 Å². The molecule has 5 aromatic carbocycles. The Balaban J connectivity index is 1.58.